The largest absolute Gasteiger partial charge is 0.337 e. The van der Waals surface area contributed by atoms with Crippen LogP contribution < -0.4 is 5.32 Å². The third-order valence-electron chi connectivity index (χ3n) is 3.81. The summed E-state index contributed by atoms with van der Waals surface area (Å²) < 4.78 is 1.71. The van der Waals surface area contributed by atoms with E-state index in [4.69, 9.17) is 0 Å². The summed E-state index contributed by atoms with van der Waals surface area (Å²) >= 11 is 0. The summed E-state index contributed by atoms with van der Waals surface area (Å²) in [4.78, 5) is 18.3. The van der Waals surface area contributed by atoms with Gasteiger partial charge in [0.05, 0.1) is 6.54 Å². The molecule has 6 nitrogen and oxygen atoms in total. The lowest BCUT2D eigenvalue weighted by Crippen LogP contribution is -2.58. The Hall–Kier alpha value is -1.43. The Kier molecular flexibility index (Phi) is 4.90. The predicted octanol–water partition coefficient (Wildman–Crippen LogP) is 0.657. The van der Waals surface area contributed by atoms with Crippen LogP contribution in [-0.4, -0.2) is 50.7 Å². The van der Waals surface area contributed by atoms with Gasteiger partial charge in [0.1, 0.15) is 12.7 Å². The summed E-state index contributed by atoms with van der Waals surface area (Å²) in [7, 11) is 0. The molecule has 1 aromatic heterocycles. The molecular formula is C13H23N5O. The standard InChI is InChI=1S/C13H23N5O/c1-3-11-8-18(12(4-2)7-15-11)13(19)5-6-17-10-14-9-16-17/h9-12,15H,3-8H2,1-2H3. The van der Waals surface area contributed by atoms with Crippen molar-refractivity contribution < 1.29 is 4.79 Å². The van der Waals surface area contributed by atoms with Crippen LogP contribution in [0.1, 0.15) is 33.1 Å². The normalized spacial score (nSPS) is 23.6. The van der Waals surface area contributed by atoms with E-state index in [1.54, 1.807) is 11.0 Å². The number of nitrogens with zero attached hydrogens (tertiary/aromatic N) is 4. The molecule has 1 aliphatic heterocycles. The molecule has 2 heterocycles. The first-order valence-electron chi connectivity index (χ1n) is 7.09. The van der Waals surface area contributed by atoms with Crippen molar-refractivity contribution >= 4 is 5.91 Å². The molecule has 0 radical (unpaired) electrons. The fourth-order valence-corrected chi connectivity index (χ4v) is 2.51. The third kappa shape index (κ3) is 3.53. The highest BCUT2D eigenvalue weighted by Crippen LogP contribution is 2.13. The first kappa shape index (κ1) is 14.0. The van der Waals surface area contributed by atoms with Gasteiger partial charge in [0.15, 0.2) is 0 Å². The molecule has 0 spiro atoms. The molecule has 1 saturated heterocycles. The Labute approximate surface area is 114 Å². The van der Waals surface area contributed by atoms with Crippen molar-refractivity contribution in [3.63, 3.8) is 0 Å². The SMILES string of the molecule is CCC1CN(C(=O)CCn2cncn2)C(CC)CN1. The molecule has 0 bridgehead atoms. The van der Waals surface area contributed by atoms with Gasteiger partial charge in [-0.05, 0) is 12.8 Å². The Morgan fingerprint density at radius 2 is 2.26 bits per heavy atom. The number of rotatable bonds is 5. The van der Waals surface area contributed by atoms with Crippen LogP contribution in [0.4, 0.5) is 0 Å². The molecule has 0 aromatic carbocycles. The summed E-state index contributed by atoms with van der Waals surface area (Å²) in [5.74, 6) is 0.224. The number of piperazine rings is 1. The van der Waals surface area contributed by atoms with Crippen molar-refractivity contribution in [2.45, 2.75) is 51.7 Å². The van der Waals surface area contributed by atoms with Gasteiger partial charge in [0, 0.05) is 31.6 Å². The zero-order valence-corrected chi connectivity index (χ0v) is 11.7. The molecule has 1 amide bonds. The summed E-state index contributed by atoms with van der Waals surface area (Å²) in [5.41, 5.74) is 0. The Bertz CT molecular complexity index is 392. The lowest BCUT2D eigenvalue weighted by atomic mass is 10.0. The number of nitrogens with one attached hydrogen (secondary N) is 1. The van der Waals surface area contributed by atoms with Crippen molar-refractivity contribution in [1.29, 1.82) is 0 Å². The molecule has 106 valence electrons. The highest BCUT2D eigenvalue weighted by Gasteiger charge is 2.28. The molecule has 1 fully saturated rings. The molecule has 0 aliphatic carbocycles. The molecule has 2 rings (SSSR count). The van der Waals surface area contributed by atoms with E-state index in [1.807, 2.05) is 4.90 Å². The fourth-order valence-electron chi connectivity index (χ4n) is 2.51. The number of aromatic nitrogens is 3. The number of hydrogen-bond donors (Lipinski definition) is 1. The van der Waals surface area contributed by atoms with Gasteiger partial charge >= 0.3 is 0 Å². The minimum Gasteiger partial charge on any atom is -0.337 e. The minimum absolute atomic E-state index is 0.224. The zero-order chi connectivity index (χ0) is 13.7. The van der Waals surface area contributed by atoms with Gasteiger partial charge in [-0.1, -0.05) is 13.8 Å². The maximum absolute atomic E-state index is 12.4. The molecule has 1 N–H and O–H groups in total. The van der Waals surface area contributed by atoms with Crippen LogP contribution in [0.5, 0.6) is 0 Å². The van der Waals surface area contributed by atoms with Crippen molar-refractivity contribution in [3.05, 3.63) is 12.7 Å². The summed E-state index contributed by atoms with van der Waals surface area (Å²) in [5, 5.41) is 7.53. The van der Waals surface area contributed by atoms with E-state index in [0.29, 0.717) is 25.0 Å². The average molecular weight is 265 g/mol. The van der Waals surface area contributed by atoms with Crippen molar-refractivity contribution in [2.75, 3.05) is 13.1 Å². The highest BCUT2D eigenvalue weighted by atomic mass is 16.2. The van der Waals surface area contributed by atoms with Gasteiger partial charge in [-0.25, -0.2) is 4.98 Å². The first-order valence-corrected chi connectivity index (χ1v) is 7.09. The number of hydrogen-bond acceptors (Lipinski definition) is 4. The molecular weight excluding hydrogens is 242 g/mol. The molecule has 1 aliphatic rings. The quantitative estimate of drug-likeness (QED) is 0.849. The minimum atomic E-state index is 0.224. The number of aryl methyl sites for hydroxylation is 1. The summed E-state index contributed by atoms with van der Waals surface area (Å²) in [6, 6.07) is 0.754. The van der Waals surface area contributed by atoms with Crippen molar-refractivity contribution in [1.82, 2.24) is 25.0 Å². The Morgan fingerprint density at radius 1 is 1.42 bits per heavy atom. The molecule has 0 saturated carbocycles. The molecule has 19 heavy (non-hydrogen) atoms. The fraction of sp³-hybridized carbons (Fsp3) is 0.769. The smallest absolute Gasteiger partial charge is 0.224 e. The highest BCUT2D eigenvalue weighted by molar-refractivity contribution is 5.76. The van der Waals surface area contributed by atoms with Gasteiger partial charge in [0.25, 0.3) is 0 Å². The molecule has 6 heteroatoms. The Balaban J connectivity index is 1.90. The average Bonchev–Trinajstić information content (AvgIpc) is 2.97. The monoisotopic (exact) mass is 265 g/mol. The second kappa shape index (κ2) is 6.65. The third-order valence-corrected chi connectivity index (χ3v) is 3.81. The van der Waals surface area contributed by atoms with Gasteiger partial charge < -0.3 is 10.2 Å². The van der Waals surface area contributed by atoms with Crippen molar-refractivity contribution in [2.24, 2.45) is 0 Å². The second-order valence-electron chi connectivity index (χ2n) is 5.03. The van der Waals surface area contributed by atoms with Gasteiger partial charge in [-0.15, -0.1) is 0 Å². The van der Waals surface area contributed by atoms with E-state index >= 15 is 0 Å². The predicted molar refractivity (Wildman–Crippen MR) is 72.5 cm³/mol. The second-order valence-corrected chi connectivity index (χ2v) is 5.03. The summed E-state index contributed by atoms with van der Waals surface area (Å²) in [6.45, 7) is 6.63. The van der Waals surface area contributed by atoms with E-state index in [1.165, 1.54) is 6.33 Å². The van der Waals surface area contributed by atoms with E-state index in [2.05, 4.69) is 29.2 Å². The van der Waals surface area contributed by atoms with E-state index in [0.717, 1.165) is 25.9 Å². The topological polar surface area (TPSA) is 63.1 Å². The van der Waals surface area contributed by atoms with Crippen molar-refractivity contribution in [3.8, 4) is 0 Å². The van der Waals surface area contributed by atoms with Gasteiger partial charge in [-0.3, -0.25) is 9.48 Å². The van der Waals surface area contributed by atoms with Crippen LogP contribution in [0.15, 0.2) is 12.7 Å². The maximum Gasteiger partial charge on any atom is 0.224 e. The van der Waals surface area contributed by atoms with Crippen LogP contribution in [0.25, 0.3) is 0 Å². The maximum atomic E-state index is 12.4. The summed E-state index contributed by atoms with van der Waals surface area (Å²) in [6.07, 6.45) is 5.70. The molecule has 2 unspecified atom stereocenters. The van der Waals surface area contributed by atoms with Crippen LogP contribution in [0.2, 0.25) is 0 Å². The first-order chi connectivity index (χ1) is 9.24. The van der Waals surface area contributed by atoms with Crippen LogP contribution in [0.3, 0.4) is 0 Å². The zero-order valence-electron chi connectivity index (χ0n) is 11.7. The number of carbonyl (C=O) groups is 1. The van der Waals surface area contributed by atoms with Crippen LogP contribution in [-0.2, 0) is 11.3 Å². The Morgan fingerprint density at radius 3 is 2.89 bits per heavy atom. The molecule has 2 atom stereocenters. The van der Waals surface area contributed by atoms with Crippen LogP contribution >= 0.6 is 0 Å². The van der Waals surface area contributed by atoms with E-state index in [-0.39, 0.29) is 5.91 Å². The van der Waals surface area contributed by atoms with E-state index in [9.17, 15) is 4.79 Å². The number of carbonyl (C=O) groups excluding carboxylic acids is 1. The van der Waals surface area contributed by atoms with Gasteiger partial charge in [-0.2, -0.15) is 5.10 Å². The number of amides is 1. The molecule has 1 aromatic rings. The van der Waals surface area contributed by atoms with Gasteiger partial charge in [0.2, 0.25) is 5.91 Å². The van der Waals surface area contributed by atoms with Crippen LogP contribution in [0, 0.1) is 0 Å². The van der Waals surface area contributed by atoms with E-state index < -0.39 is 0 Å². The lowest BCUT2D eigenvalue weighted by molar-refractivity contribution is -0.135. The lowest BCUT2D eigenvalue weighted by Gasteiger charge is -2.40.